The van der Waals surface area contributed by atoms with Crippen LogP contribution in [0, 0.1) is 11.3 Å². The third-order valence-electron chi connectivity index (χ3n) is 4.97. The molecule has 1 aliphatic carbocycles. The van der Waals surface area contributed by atoms with E-state index in [4.69, 9.17) is 0 Å². The molecule has 1 aliphatic heterocycles. The smallest absolute Gasteiger partial charge is 0.317 e. The van der Waals surface area contributed by atoms with Gasteiger partial charge in [-0.05, 0) is 43.4 Å². The summed E-state index contributed by atoms with van der Waals surface area (Å²) in [5.74, 6) is 0.663. The second-order valence-electron chi connectivity index (χ2n) is 6.41. The summed E-state index contributed by atoms with van der Waals surface area (Å²) in [5, 5.41) is 3.19. The Morgan fingerprint density at radius 3 is 2.67 bits per heavy atom. The van der Waals surface area contributed by atoms with Crippen molar-refractivity contribution < 1.29 is 4.79 Å². The third-order valence-corrected chi connectivity index (χ3v) is 4.97. The molecular formula is C15H28N2O. The molecule has 1 N–H and O–H groups in total. The van der Waals surface area contributed by atoms with Gasteiger partial charge in [-0.3, -0.25) is 0 Å². The van der Waals surface area contributed by atoms with Crippen LogP contribution >= 0.6 is 0 Å². The summed E-state index contributed by atoms with van der Waals surface area (Å²) in [7, 11) is 0. The molecule has 2 amide bonds. The molecule has 0 aromatic heterocycles. The Labute approximate surface area is 111 Å². The summed E-state index contributed by atoms with van der Waals surface area (Å²) in [6, 6.07) is 0.168. The fraction of sp³-hybridized carbons (Fsp3) is 0.933. The van der Waals surface area contributed by atoms with Crippen LogP contribution in [0.3, 0.4) is 0 Å². The van der Waals surface area contributed by atoms with Crippen molar-refractivity contribution in [3.63, 3.8) is 0 Å². The van der Waals surface area contributed by atoms with Crippen LogP contribution in [0.15, 0.2) is 0 Å². The summed E-state index contributed by atoms with van der Waals surface area (Å²) in [5.41, 5.74) is 0.400. The Hall–Kier alpha value is -0.730. The van der Waals surface area contributed by atoms with Gasteiger partial charge in [0.25, 0.3) is 0 Å². The molecule has 2 rings (SSSR count). The lowest BCUT2D eigenvalue weighted by Gasteiger charge is -2.33. The van der Waals surface area contributed by atoms with Crippen LogP contribution < -0.4 is 5.32 Å². The molecule has 0 radical (unpaired) electrons. The SMILES string of the molecule is CCC1(CNC(=O)N2CCCC(C)C2)CCCC1. The molecule has 1 atom stereocenters. The van der Waals surface area contributed by atoms with Gasteiger partial charge in [0.15, 0.2) is 0 Å². The molecule has 0 aromatic rings. The highest BCUT2D eigenvalue weighted by Gasteiger charge is 2.33. The molecule has 1 heterocycles. The van der Waals surface area contributed by atoms with Crippen LogP contribution in [0.25, 0.3) is 0 Å². The maximum atomic E-state index is 12.2. The number of nitrogens with one attached hydrogen (secondary N) is 1. The van der Waals surface area contributed by atoms with Gasteiger partial charge in [0.2, 0.25) is 0 Å². The Bertz CT molecular complexity index is 284. The van der Waals surface area contributed by atoms with Crippen molar-refractivity contribution in [1.29, 1.82) is 0 Å². The standard InChI is InChI=1S/C15H28N2O/c1-3-15(8-4-5-9-15)12-16-14(18)17-10-6-7-13(2)11-17/h13H,3-12H2,1-2H3,(H,16,18). The normalized spacial score (nSPS) is 27.2. The summed E-state index contributed by atoms with van der Waals surface area (Å²) in [6.07, 6.45) is 8.88. The van der Waals surface area contributed by atoms with Crippen LogP contribution in [0.1, 0.15) is 58.8 Å². The van der Waals surface area contributed by atoms with Crippen LogP contribution in [-0.4, -0.2) is 30.6 Å². The van der Waals surface area contributed by atoms with Crippen molar-refractivity contribution >= 4 is 6.03 Å². The molecule has 18 heavy (non-hydrogen) atoms. The van der Waals surface area contributed by atoms with Crippen LogP contribution in [0.4, 0.5) is 4.79 Å². The van der Waals surface area contributed by atoms with Crippen molar-refractivity contribution in [2.45, 2.75) is 58.8 Å². The Morgan fingerprint density at radius 2 is 2.06 bits per heavy atom. The van der Waals surface area contributed by atoms with E-state index >= 15 is 0 Å². The van der Waals surface area contributed by atoms with Crippen molar-refractivity contribution in [3.05, 3.63) is 0 Å². The molecule has 1 unspecified atom stereocenters. The number of rotatable bonds is 3. The second kappa shape index (κ2) is 5.94. The fourth-order valence-corrected chi connectivity index (χ4v) is 3.53. The number of nitrogens with zero attached hydrogens (tertiary/aromatic N) is 1. The number of likely N-dealkylation sites (tertiary alicyclic amines) is 1. The zero-order chi connectivity index (χ0) is 13.0. The van der Waals surface area contributed by atoms with Gasteiger partial charge in [0.1, 0.15) is 0 Å². The van der Waals surface area contributed by atoms with Crippen molar-refractivity contribution in [3.8, 4) is 0 Å². The third kappa shape index (κ3) is 3.18. The lowest BCUT2D eigenvalue weighted by Crippen LogP contribution is -2.47. The van der Waals surface area contributed by atoms with Gasteiger partial charge in [-0.25, -0.2) is 4.79 Å². The average Bonchev–Trinajstić information content (AvgIpc) is 2.85. The van der Waals surface area contributed by atoms with E-state index in [1.165, 1.54) is 38.5 Å². The molecule has 0 aromatic carbocycles. The van der Waals surface area contributed by atoms with E-state index < -0.39 is 0 Å². The molecule has 0 bridgehead atoms. The Balaban J connectivity index is 1.80. The number of urea groups is 1. The second-order valence-corrected chi connectivity index (χ2v) is 6.41. The van der Waals surface area contributed by atoms with E-state index in [0.29, 0.717) is 11.3 Å². The Morgan fingerprint density at radius 1 is 1.33 bits per heavy atom. The van der Waals surface area contributed by atoms with E-state index in [1.54, 1.807) is 0 Å². The van der Waals surface area contributed by atoms with Crippen molar-refractivity contribution in [2.75, 3.05) is 19.6 Å². The monoisotopic (exact) mass is 252 g/mol. The van der Waals surface area contributed by atoms with Crippen LogP contribution in [0.5, 0.6) is 0 Å². The number of piperidine rings is 1. The molecule has 104 valence electrons. The molecule has 0 spiro atoms. The van der Waals surface area contributed by atoms with Gasteiger partial charge in [0, 0.05) is 19.6 Å². The fourth-order valence-electron chi connectivity index (χ4n) is 3.53. The molecule has 3 heteroatoms. The summed E-state index contributed by atoms with van der Waals surface area (Å²) < 4.78 is 0. The zero-order valence-electron chi connectivity index (χ0n) is 12.0. The number of amides is 2. The number of carbonyl (C=O) groups is 1. The van der Waals surface area contributed by atoms with E-state index in [9.17, 15) is 4.79 Å². The molecule has 3 nitrogen and oxygen atoms in total. The molecule has 1 saturated carbocycles. The minimum atomic E-state index is 0.168. The van der Waals surface area contributed by atoms with Gasteiger partial charge in [-0.1, -0.05) is 26.7 Å². The predicted molar refractivity (Wildman–Crippen MR) is 74.6 cm³/mol. The first-order chi connectivity index (χ1) is 8.65. The minimum absolute atomic E-state index is 0.168. The maximum absolute atomic E-state index is 12.2. The first kappa shape index (κ1) is 13.7. The number of hydrogen-bond acceptors (Lipinski definition) is 1. The van der Waals surface area contributed by atoms with E-state index in [-0.39, 0.29) is 6.03 Å². The summed E-state index contributed by atoms with van der Waals surface area (Å²) in [6.45, 7) is 7.26. The van der Waals surface area contributed by atoms with Crippen LogP contribution in [-0.2, 0) is 0 Å². The van der Waals surface area contributed by atoms with Crippen LogP contribution in [0.2, 0.25) is 0 Å². The topological polar surface area (TPSA) is 32.3 Å². The lowest BCUT2D eigenvalue weighted by atomic mass is 9.83. The van der Waals surface area contributed by atoms with Gasteiger partial charge in [-0.2, -0.15) is 0 Å². The van der Waals surface area contributed by atoms with E-state index in [0.717, 1.165) is 26.1 Å². The highest BCUT2D eigenvalue weighted by Crippen LogP contribution is 2.40. The Kier molecular flexibility index (Phi) is 4.52. The minimum Gasteiger partial charge on any atom is -0.337 e. The predicted octanol–water partition coefficient (Wildman–Crippen LogP) is 3.40. The number of carbonyl (C=O) groups excluding carboxylic acids is 1. The van der Waals surface area contributed by atoms with Gasteiger partial charge < -0.3 is 10.2 Å². The van der Waals surface area contributed by atoms with Crippen molar-refractivity contribution in [1.82, 2.24) is 10.2 Å². The first-order valence-corrected chi connectivity index (χ1v) is 7.68. The highest BCUT2D eigenvalue weighted by atomic mass is 16.2. The van der Waals surface area contributed by atoms with E-state index in [1.807, 2.05) is 4.90 Å². The largest absolute Gasteiger partial charge is 0.337 e. The molecule has 2 fully saturated rings. The first-order valence-electron chi connectivity index (χ1n) is 7.68. The quantitative estimate of drug-likeness (QED) is 0.820. The van der Waals surface area contributed by atoms with Crippen molar-refractivity contribution in [2.24, 2.45) is 11.3 Å². The molecule has 2 aliphatic rings. The summed E-state index contributed by atoms with van der Waals surface area (Å²) >= 11 is 0. The summed E-state index contributed by atoms with van der Waals surface area (Å²) in [4.78, 5) is 14.2. The van der Waals surface area contributed by atoms with Gasteiger partial charge in [-0.15, -0.1) is 0 Å². The van der Waals surface area contributed by atoms with Gasteiger partial charge in [0.05, 0.1) is 0 Å². The average molecular weight is 252 g/mol. The lowest BCUT2D eigenvalue weighted by molar-refractivity contribution is 0.162. The number of hydrogen-bond donors (Lipinski definition) is 1. The molecule has 1 saturated heterocycles. The molecular weight excluding hydrogens is 224 g/mol. The highest BCUT2D eigenvalue weighted by molar-refractivity contribution is 5.74. The maximum Gasteiger partial charge on any atom is 0.317 e. The zero-order valence-corrected chi connectivity index (χ0v) is 12.0. The van der Waals surface area contributed by atoms with Gasteiger partial charge >= 0.3 is 6.03 Å². The van der Waals surface area contributed by atoms with E-state index in [2.05, 4.69) is 19.2 Å².